The Kier molecular flexibility index (Phi) is 3.97. The second kappa shape index (κ2) is 5.48. The van der Waals surface area contributed by atoms with Gasteiger partial charge in [-0.2, -0.15) is 0 Å². The van der Waals surface area contributed by atoms with Gasteiger partial charge in [0.1, 0.15) is 0 Å². The summed E-state index contributed by atoms with van der Waals surface area (Å²) >= 11 is 6.15. The number of primary amides is 1. The van der Waals surface area contributed by atoms with Crippen LogP contribution in [0.25, 0.3) is 0 Å². The minimum atomic E-state index is -0.512. The van der Waals surface area contributed by atoms with Crippen molar-refractivity contribution in [3.63, 3.8) is 0 Å². The summed E-state index contributed by atoms with van der Waals surface area (Å²) < 4.78 is 0. The van der Waals surface area contributed by atoms with Crippen LogP contribution in [0.1, 0.15) is 42.5 Å². The second-order valence-electron chi connectivity index (χ2n) is 4.77. The molecule has 0 unspecified atom stereocenters. The minimum absolute atomic E-state index is 0.359. The predicted molar refractivity (Wildman–Crippen MR) is 74.9 cm³/mol. The molecule has 5 N–H and O–H groups in total. The predicted octanol–water partition coefficient (Wildman–Crippen LogP) is 2.77. The average Bonchev–Trinajstić information content (AvgIpc) is 2.33. The molecule has 1 aliphatic carbocycles. The summed E-state index contributed by atoms with van der Waals surface area (Å²) in [4.78, 5) is 11.4. The summed E-state index contributed by atoms with van der Waals surface area (Å²) in [5.41, 5.74) is 12.5. The average molecular weight is 268 g/mol. The molecule has 0 aromatic heterocycles. The van der Waals surface area contributed by atoms with Crippen LogP contribution >= 0.6 is 11.6 Å². The van der Waals surface area contributed by atoms with Gasteiger partial charge in [0.2, 0.25) is 0 Å². The molecule has 18 heavy (non-hydrogen) atoms. The van der Waals surface area contributed by atoms with E-state index in [-0.39, 0.29) is 0 Å². The standard InChI is InChI=1S/C13H18ClN3O/c14-11-7-8(15)6-10(13(16)18)12(11)17-9-4-2-1-3-5-9/h6-7,9,17H,1-5,15H2,(H2,16,18). The number of carbonyl (C=O) groups excluding carboxylic acids is 1. The van der Waals surface area contributed by atoms with Crippen molar-refractivity contribution in [2.45, 2.75) is 38.1 Å². The van der Waals surface area contributed by atoms with Crippen LogP contribution < -0.4 is 16.8 Å². The van der Waals surface area contributed by atoms with E-state index >= 15 is 0 Å². The molecule has 1 fully saturated rings. The Bertz CT molecular complexity index is 456. The Morgan fingerprint density at radius 2 is 1.94 bits per heavy atom. The first kappa shape index (κ1) is 13.0. The van der Waals surface area contributed by atoms with Gasteiger partial charge in [-0.25, -0.2) is 0 Å². The highest BCUT2D eigenvalue weighted by molar-refractivity contribution is 6.34. The molecule has 1 aromatic rings. The largest absolute Gasteiger partial charge is 0.399 e. The van der Waals surface area contributed by atoms with Crippen LogP contribution in [0.2, 0.25) is 5.02 Å². The van der Waals surface area contributed by atoms with Crippen LogP contribution in [-0.2, 0) is 0 Å². The van der Waals surface area contributed by atoms with Crippen molar-refractivity contribution < 1.29 is 4.79 Å². The normalized spacial score (nSPS) is 16.5. The smallest absolute Gasteiger partial charge is 0.250 e. The minimum Gasteiger partial charge on any atom is -0.399 e. The molecule has 4 nitrogen and oxygen atoms in total. The first-order valence-corrected chi connectivity index (χ1v) is 6.61. The Balaban J connectivity index is 2.27. The maximum absolute atomic E-state index is 11.4. The van der Waals surface area contributed by atoms with Crippen LogP contribution in [0.5, 0.6) is 0 Å². The van der Waals surface area contributed by atoms with E-state index in [4.69, 9.17) is 23.1 Å². The zero-order valence-corrected chi connectivity index (χ0v) is 11.0. The number of halogens is 1. The van der Waals surface area contributed by atoms with Gasteiger partial charge in [-0.15, -0.1) is 0 Å². The first-order chi connectivity index (χ1) is 8.58. The third kappa shape index (κ3) is 2.88. The van der Waals surface area contributed by atoms with Crippen molar-refractivity contribution in [1.29, 1.82) is 0 Å². The van der Waals surface area contributed by atoms with Crippen molar-refractivity contribution in [3.8, 4) is 0 Å². The van der Waals surface area contributed by atoms with Gasteiger partial charge in [0.15, 0.2) is 0 Å². The van der Waals surface area contributed by atoms with Gasteiger partial charge in [-0.1, -0.05) is 30.9 Å². The van der Waals surface area contributed by atoms with E-state index in [1.165, 1.54) is 19.3 Å². The van der Waals surface area contributed by atoms with Crippen molar-refractivity contribution in [1.82, 2.24) is 0 Å². The number of benzene rings is 1. The number of amides is 1. The summed E-state index contributed by atoms with van der Waals surface area (Å²) in [6.45, 7) is 0. The van der Waals surface area contributed by atoms with Gasteiger partial charge < -0.3 is 16.8 Å². The third-order valence-corrected chi connectivity index (χ3v) is 3.63. The molecule has 98 valence electrons. The SMILES string of the molecule is NC(=O)c1cc(N)cc(Cl)c1NC1CCCCC1. The van der Waals surface area contributed by atoms with Crippen LogP contribution in [0.4, 0.5) is 11.4 Å². The van der Waals surface area contributed by atoms with Gasteiger partial charge in [0, 0.05) is 11.7 Å². The summed E-state index contributed by atoms with van der Waals surface area (Å²) in [7, 11) is 0. The molecule has 5 heteroatoms. The summed E-state index contributed by atoms with van der Waals surface area (Å²) in [5.74, 6) is -0.512. The number of anilines is 2. The first-order valence-electron chi connectivity index (χ1n) is 6.23. The fourth-order valence-electron chi connectivity index (χ4n) is 2.42. The van der Waals surface area contributed by atoms with E-state index in [1.54, 1.807) is 12.1 Å². The highest BCUT2D eigenvalue weighted by Crippen LogP contribution is 2.31. The van der Waals surface area contributed by atoms with Gasteiger partial charge in [0.25, 0.3) is 5.91 Å². The molecule has 0 spiro atoms. The topological polar surface area (TPSA) is 81.1 Å². The number of hydrogen-bond acceptors (Lipinski definition) is 3. The molecule has 1 aliphatic rings. The number of rotatable bonds is 3. The Hall–Kier alpha value is -1.42. The molecule has 0 atom stereocenters. The molecule has 0 saturated heterocycles. The maximum Gasteiger partial charge on any atom is 0.250 e. The highest BCUT2D eigenvalue weighted by atomic mass is 35.5. The molecule has 1 aromatic carbocycles. The monoisotopic (exact) mass is 267 g/mol. The molecular formula is C13H18ClN3O. The Labute approximate surface area is 112 Å². The van der Waals surface area contributed by atoms with Crippen molar-refractivity contribution in [2.24, 2.45) is 5.73 Å². The summed E-state index contributed by atoms with van der Waals surface area (Å²) in [6.07, 6.45) is 5.88. The fraction of sp³-hybridized carbons (Fsp3) is 0.462. The number of carbonyl (C=O) groups is 1. The summed E-state index contributed by atoms with van der Waals surface area (Å²) in [5, 5.41) is 3.79. The zero-order chi connectivity index (χ0) is 13.1. The Morgan fingerprint density at radius 3 is 2.56 bits per heavy atom. The molecule has 1 amide bonds. The lowest BCUT2D eigenvalue weighted by atomic mass is 9.95. The van der Waals surface area contributed by atoms with Gasteiger partial charge in [-0.3, -0.25) is 4.79 Å². The van der Waals surface area contributed by atoms with Gasteiger partial charge in [0.05, 0.1) is 16.3 Å². The number of nitrogens with two attached hydrogens (primary N) is 2. The molecule has 0 bridgehead atoms. The van der Waals surface area contributed by atoms with E-state index in [2.05, 4.69) is 5.32 Å². The Morgan fingerprint density at radius 1 is 1.28 bits per heavy atom. The lowest BCUT2D eigenvalue weighted by molar-refractivity contribution is 0.100. The molecule has 2 rings (SSSR count). The molecular weight excluding hydrogens is 250 g/mol. The maximum atomic E-state index is 11.4. The van der Waals surface area contributed by atoms with Gasteiger partial charge >= 0.3 is 0 Å². The lowest BCUT2D eigenvalue weighted by Crippen LogP contribution is -2.25. The van der Waals surface area contributed by atoms with Crippen LogP contribution in [0.15, 0.2) is 12.1 Å². The number of nitrogen functional groups attached to an aromatic ring is 1. The van der Waals surface area contributed by atoms with Gasteiger partial charge in [-0.05, 0) is 25.0 Å². The van der Waals surface area contributed by atoms with E-state index in [9.17, 15) is 4.79 Å². The lowest BCUT2D eigenvalue weighted by Gasteiger charge is -2.25. The fourth-order valence-corrected chi connectivity index (χ4v) is 2.70. The second-order valence-corrected chi connectivity index (χ2v) is 5.18. The number of hydrogen-bond donors (Lipinski definition) is 3. The van der Waals surface area contributed by atoms with Crippen LogP contribution in [-0.4, -0.2) is 11.9 Å². The molecule has 0 aliphatic heterocycles. The van der Waals surface area contributed by atoms with E-state index in [0.29, 0.717) is 28.0 Å². The van der Waals surface area contributed by atoms with Crippen LogP contribution in [0, 0.1) is 0 Å². The van der Waals surface area contributed by atoms with E-state index in [0.717, 1.165) is 12.8 Å². The number of nitrogens with one attached hydrogen (secondary N) is 1. The molecule has 0 radical (unpaired) electrons. The van der Waals surface area contributed by atoms with Crippen molar-refractivity contribution in [2.75, 3.05) is 11.1 Å². The van der Waals surface area contributed by atoms with E-state index < -0.39 is 5.91 Å². The van der Waals surface area contributed by atoms with Crippen LogP contribution in [0.3, 0.4) is 0 Å². The highest BCUT2D eigenvalue weighted by Gasteiger charge is 2.18. The zero-order valence-electron chi connectivity index (χ0n) is 10.2. The quantitative estimate of drug-likeness (QED) is 0.737. The molecule has 0 heterocycles. The molecule has 1 saturated carbocycles. The summed E-state index contributed by atoms with van der Waals surface area (Å²) in [6, 6.07) is 3.57. The van der Waals surface area contributed by atoms with E-state index in [1.807, 2.05) is 0 Å². The van der Waals surface area contributed by atoms with Crippen molar-refractivity contribution in [3.05, 3.63) is 22.7 Å². The third-order valence-electron chi connectivity index (χ3n) is 3.33. The van der Waals surface area contributed by atoms with Crippen molar-refractivity contribution >= 4 is 28.9 Å².